The first-order chi connectivity index (χ1) is 9.86. The monoisotopic (exact) mass is 345 g/mol. The standard InChI is InChI=1S/C19H24BrN/c1-14(21-13-15-5-11-18(20)12-6-15)16-7-9-17(10-8-16)19(2,3)4/h5-12,14,21H,13H2,1-4H3. The molecule has 2 aromatic rings. The van der Waals surface area contributed by atoms with Gasteiger partial charge in [-0.3, -0.25) is 0 Å². The Kier molecular flexibility index (Phi) is 5.23. The highest BCUT2D eigenvalue weighted by Crippen LogP contribution is 2.24. The van der Waals surface area contributed by atoms with Gasteiger partial charge in [0.1, 0.15) is 0 Å². The van der Waals surface area contributed by atoms with E-state index in [2.05, 4.69) is 97.5 Å². The molecule has 0 aromatic heterocycles. The highest BCUT2D eigenvalue weighted by atomic mass is 79.9. The van der Waals surface area contributed by atoms with Crippen LogP contribution in [0.2, 0.25) is 0 Å². The summed E-state index contributed by atoms with van der Waals surface area (Å²) in [6.07, 6.45) is 0. The molecule has 0 amide bonds. The quantitative estimate of drug-likeness (QED) is 0.760. The molecule has 1 atom stereocenters. The number of nitrogens with one attached hydrogen (secondary N) is 1. The number of rotatable bonds is 4. The molecular weight excluding hydrogens is 322 g/mol. The molecule has 0 saturated heterocycles. The minimum atomic E-state index is 0.215. The molecule has 2 rings (SSSR count). The molecule has 0 aliphatic heterocycles. The zero-order chi connectivity index (χ0) is 15.5. The van der Waals surface area contributed by atoms with Gasteiger partial charge in [-0.05, 0) is 41.2 Å². The van der Waals surface area contributed by atoms with Crippen molar-refractivity contribution >= 4 is 15.9 Å². The van der Waals surface area contributed by atoms with Crippen molar-refractivity contribution < 1.29 is 0 Å². The fourth-order valence-corrected chi connectivity index (χ4v) is 2.53. The van der Waals surface area contributed by atoms with Crippen molar-refractivity contribution in [3.8, 4) is 0 Å². The van der Waals surface area contributed by atoms with Crippen LogP contribution in [-0.2, 0) is 12.0 Å². The van der Waals surface area contributed by atoms with Gasteiger partial charge in [-0.25, -0.2) is 0 Å². The van der Waals surface area contributed by atoms with Crippen molar-refractivity contribution in [1.29, 1.82) is 0 Å². The van der Waals surface area contributed by atoms with E-state index in [-0.39, 0.29) is 5.41 Å². The minimum Gasteiger partial charge on any atom is -0.306 e. The van der Waals surface area contributed by atoms with Gasteiger partial charge >= 0.3 is 0 Å². The average Bonchev–Trinajstić information content (AvgIpc) is 2.45. The van der Waals surface area contributed by atoms with Crippen LogP contribution in [0, 0.1) is 0 Å². The van der Waals surface area contributed by atoms with Gasteiger partial charge in [0.15, 0.2) is 0 Å². The van der Waals surface area contributed by atoms with E-state index >= 15 is 0 Å². The number of benzene rings is 2. The zero-order valence-electron chi connectivity index (χ0n) is 13.3. The van der Waals surface area contributed by atoms with Gasteiger partial charge in [-0.2, -0.15) is 0 Å². The third-order valence-electron chi connectivity index (χ3n) is 3.80. The summed E-state index contributed by atoms with van der Waals surface area (Å²) in [4.78, 5) is 0. The maximum Gasteiger partial charge on any atom is 0.0294 e. The predicted molar refractivity (Wildman–Crippen MR) is 94.5 cm³/mol. The molecule has 0 heterocycles. The highest BCUT2D eigenvalue weighted by molar-refractivity contribution is 9.10. The van der Waals surface area contributed by atoms with Gasteiger partial charge in [0.25, 0.3) is 0 Å². The Bertz CT molecular complexity index is 564. The molecule has 1 unspecified atom stereocenters. The molecule has 0 spiro atoms. The van der Waals surface area contributed by atoms with Crippen molar-refractivity contribution in [3.63, 3.8) is 0 Å². The molecule has 0 bridgehead atoms. The second-order valence-corrected chi connectivity index (χ2v) is 7.52. The highest BCUT2D eigenvalue weighted by Gasteiger charge is 2.13. The van der Waals surface area contributed by atoms with E-state index in [0.29, 0.717) is 6.04 Å². The number of hydrogen-bond acceptors (Lipinski definition) is 1. The Hall–Kier alpha value is -1.12. The summed E-state index contributed by atoms with van der Waals surface area (Å²) in [7, 11) is 0. The van der Waals surface area contributed by atoms with Gasteiger partial charge < -0.3 is 5.32 Å². The molecule has 112 valence electrons. The first-order valence-electron chi connectivity index (χ1n) is 7.44. The van der Waals surface area contributed by atoms with Crippen LogP contribution in [0.15, 0.2) is 53.0 Å². The summed E-state index contributed by atoms with van der Waals surface area (Å²) in [5, 5.41) is 3.58. The summed E-state index contributed by atoms with van der Waals surface area (Å²) in [5.74, 6) is 0. The second-order valence-electron chi connectivity index (χ2n) is 6.60. The van der Waals surface area contributed by atoms with E-state index in [1.54, 1.807) is 0 Å². The number of halogens is 1. The van der Waals surface area contributed by atoms with E-state index in [4.69, 9.17) is 0 Å². The summed E-state index contributed by atoms with van der Waals surface area (Å²) < 4.78 is 1.12. The van der Waals surface area contributed by atoms with E-state index < -0.39 is 0 Å². The van der Waals surface area contributed by atoms with E-state index in [1.165, 1.54) is 16.7 Å². The Morgan fingerprint density at radius 1 is 0.952 bits per heavy atom. The smallest absolute Gasteiger partial charge is 0.0294 e. The van der Waals surface area contributed by atoms with Crippen molar-refractivity contribution in [2.24, 2.45) is 0 Å². The van der Waals surface area contributed by atoms with Crippen LogP contribution in [0.5, 0.6) is 0 Å². The maximum atomic E-state index is 3.58. The molecule has 0 saturated carbocycles. The minimum absolute atomic E-state index is 0.215. The summed E-state index contributed by atoms with van der Waals surface area (Å²) in [6, 6.07) is 17.8. The molecule has 2 heteroatoms. The Balaban J connectivity index is 1.97. The summed E-state index contributed by atoms with van der Waals surface area (Å²) in [6.45, 7) is 9.84. The SMILES string of the molecule is CC(NCc1ccc(Br)cc1)c1ccc(C(C)(C)C)cc1. The van der Waals surface area contributed by atoms with Crippen LogP contribution in [0.4, 0.5) is 0 Å². The molecular formula is C19H24BrN. The molecule has 0 aliphatic rings. The first kappa shape index (κ1) is 16.3. The topological polar surface area (TPSA) is 12.0 Å². The summed E-state index contributed by atoms with van der Waals surface area (Å²) >= 11 is 3.46. The van der Waals surface area contributed by atoms with E-state index in [9.17, 15) is 0 Å². The fourth-order valence-electron chi connectivity index (χ4n) is 2.26. The third kappa shape index (κ3) is 4.69. The molecule has 0 aliphatic carbocycles. The third-order valence-corrected chi connectivity index (χ3v) is 4.33. The Morgan fingerprint density at radius 2 is 1.52 bits per heavy atom. The van der Waals surface area contributed by atoms with Crippen LogP contribution >= 0.6 is 15.9 Å². The lowest BCUT2D eigenvalue weighted by molar-refractivity contribution is 0.569. The average molecular weight is 346 g/mol. The lowest BCUT2D eigenvalue weighted by atomic mass is 9.86. The molecule has 21 heavy (non-hydrogen) atoms. The van der Waals surface area contributed by atoms with Gasteiger partial charge in [0, 0.05) is 17.1 Å². The van der Waals surface area contributed by atoms with Gasteiger partial charge in [-0.1, -0.05) is 73.1 Å². The summed E-state index contributed by atoms with van der Waals surface area (Å²) in [5.41, 5.74) is 4.23. The maximum absolute atomic E-state index is 3.58. The number of hydrogen-bond donors (Lipinski definition) is 1. The lowest BCUT2D eigenvalue weighted by Gasteiger charge is -2.20. The largest absolute Gasteiger partial charge is 0.306 e. The van der Waals surface area contributed by atoms with Crippen LogP contribution in [0.3, 0.4) is 0 Å². The molecule has 0 fully saturated rings. The first-order valence-corrected chi connectivity index (χ1v) is 8.24. The molecule has 1 nitrogen and oxygen atoms in total. The molecule has 0 radical (unpaired) electrons. The van der Waals surface area contributed by atoms with Crippen LogP contribution in [0.25, 0.3) is 0 Å². The molecule has 2 aromatic carbocycles. The Labute approximate surface area is 136 Å². The Morgan fingerprint density at radius 3 is 2.05 bits per heavy atom. The van der Waals surface area contributed by atoms with Crippen LogP contribution in [0.1, 0.15) is 50.4 Å². The molecule has 1 N–H and O–H groups in total. The second kappa shape index (κ2) is 6.76. The van der Waals surface area contributed by atoms with Crippen molar-refractivity contribution in [3.05, 3.63) is 69.7 Å². The zero-order valence-corrected chi connectivity index (χ0v) is 14.9. The van der Waals surface area contributed by atoms with Gasteiger partial charge in [0.2, 0.25) is 0 Å². The van der Waals surface area contributed by atoms with Crippen molar-refractivity contribution in [1.82, 2.24) is 5.32 Å². The normalized spacial score (nSPS) is 13.2. The fraction of sp³-hybridized carbons (Fsp3) is 0.368. The van der Waals surface area contributed by atoms with Crippen molar-refractivity contribution in [2.75, 3.05) is 0 Å². The lowest BCUT2D eigenvalue weighted by Crippen LogP contribution is -2.18. The van der Waals surface area contributed by atoms with E-state index in [1.807, 2.05) is 0 Å². The predicted octanol–water partition coefficient (Wildman–Crippen LogP) is 5.60. The van der Waals surface area contributed by atoms with Crippen LogP contribution in [-0.4, -0.2) is 0 Å². The van der Waals surface area contributed by atoms with Crippen molar-refractivity contribution in [2.45, 2.75) is 45.7 Å². The van der Waals surface area contributed by atoms with E-state index in [0.717, 1.165) is 11.0 Å². The van der Waals surface area contributed by atoms with Crippen LogP contribution < -0.4 is 5.32 Å². The van der Waals surface area contributed by atoms with Gasteiger partial charge in [0.05, 0.1) is 0 Å². The van der Waals surface area contributed by atoms with Gasteiger partial charge in [-0.15, -0.1) is 0 Å².